The van der Waals surface area contributed by atoms with Crippen LogP contribution in [0.1, 0.15) is 13.8 Å². The number of terminal acetylenes is 1. The molecule has 0 aromatic heterocycles. The second-order valence-electron chi connectivity index (χ2n) is 1.83. The number of allylic oxidation sites excluding steroid dienone is 3. The van der Waals surface area contributed by atoms with E-state index in [9.17, 15) is 0 Å². The molecule has 0 nitrogen and oxygen atoms in total. The van der Waals surface area contributed by atoms with Gasteiger partial charge in [0.05, 0.1) is 0 Å². The Labute approximate surface area is 56.6 Å². The maximum atomic E-state index is 5.10. The molecule has 0 atom stereocenters. The Hall–Kier alpha value is -1.18. The van der Waals surface area contributed by atoms with Crippen molar-refractivity contribution < 1.29 is 0 Å². The largest absolute Gasteiger partial charge is 0.125 e. The zero-order valence-corrected chi connectivity index (χ0v) is 5.86. The van der Waals surface area contributed by atoms with Crippen LogP contribution < -0.4 is 0 Å². The van der Waals surface area contributed by atoms with Gasteiger partial charge < -0.3 is 0 Å². The quantitative estimate of drug-likeness (QED) is 0.281. The Morgan fingerprint density at radius 1 is 1.56 bits per heavy atom. The molecule has 0 amide bonds. The highest BCUT2D eigenvalue weighted by molar-refractivity contribution is 5.30. The predicted octanol–water partition coefficient (Wildman–Crippen LogP) is 2.30. The van der Waals surface area contributed by atoms with Crippen LogP contribution in [0.2, 0.25) is 0 Å². The van der Waals surface area contributed by atoms with Crippen molar-refractivity contribution in [1.29, 1.82) is 0 Å². The average molecular weight is 118 g/mol. The minimum absolute atomic E-state index is 0.906. The fraction of sp³-hybridized carbons (Fsp3) is 0.222. The average Bonchev–Trinajstić information content (AvgIpc) is 1.87. The van der Waals surface area contributed by atoms with Crippen LogP contribution in [0.4, 0.5) is 0 Å². The van der Waals surface area contributed by atoms with Crippen molar-refractivity contribution in [1.82, 2.24) is 0 Å². The zero-order chi connectivity index (χ0) is 7.28. The zero-order valence-electron chi connectivity index (χ0n) is 5.86. The van der Waals surface area contributed by atoms with Crippen LogP contribution in [-0.4, -0.2) is 0 Å². The molecule has 0 aliphatic heterocycles. The first-order valence-corrected chi connectivity index (χ1v) is 2.72. The van der Waals surface area contributed by atoms with E-state index in [1.807, 2.05) is 19.9 Å². The van der Waals surface area contributed by atoms with Crippen LogP contribution in [-0.2, 0) is 0 Å². The molecule has 0 heterocycles. The first kappa shape index (κ1) is 7.82. The summed E-state index contributed by atoms with van der Waals surface area (Å²) in [6.45, 7) is 7.26. The van der Waals surface area contributed by atoms with Gasteiger partial charge in [-0.3, -0.25) is 0 Å². The maximum absolute atomic E-state index is 5.10. The summed E-state index contributed by atoms with van der Waals surface area (Å²) < 4.78 is 0. The summed E-state index contributed by atoms with van der Waals surface area (Å²) in [7, 11) is 0. The van der Waals surface area contributed by atoms with E-state index in [0.717, 1.165) is 11.1 Å². The lowest BCUT2D eigenvalue weighted by atomic mass is 10.2. The van der Waals surface area contributed by atoms with E-state index in [1.165, 1.54) is 0 Å². The molecule has 0 fully saturated rings. The predicted molar refractivity (Wildman–Crippen MR) is 40.9 cm³/mol. The number of rotatable bonds is 1. The summed E-state index contributed by atoms with van der Waals surface area (Å²) in [6.07, 6.45) is 6.96. The summed E-state index contributed by atoms with van der Waals surface area (Å²) >= 11 is 0. The molecule has 0 saturated heterocycles. The molecular weight excluding hydrogens is 108 g/mol. The smallest absolute Gasteiger partial charge is 0.000468 e. The molecule has 0 bridgehead atoms. The van der Waals surface area contributed by atoms with Crippen molar-refractivity contribution in [2.24, 2.45) is 0 Å². The minimum atomic E-state index is 0.906. The fourth-order valence-electron chi connectivity index (χ4n) is 0.417. The maximum Gasteiger partial charge on any atom is -0.000468 e. The molecule has 0 unspecified atom stereocenters. The summed E-state index contributed by atoms with van der Waals surface area (Å²) in [4.78, 5) is 0. The highest BCUT2D eigenvalue weighted by Crippen LogP contribution is 1.96. The van der Waals surface area contributed by atoms with Crippen molar-refractivity contribution in [2.75, 3.05) is 0 Å². The highest BCUT2D eigenvalue weighted by Gasteiger charge is 1.79. The molecule has 0 spiro atoms. The second-order valence-corrected chi connectivity index (χ2v) is 1.83. The third-order valence-electron chi connectivity index (χ3n) is 0.940. The van der Waals surface area contributed by atoms with Crippen molar-refractivity contribution in [2.45, 2.75) is 13.8 Å². The summed E-state index contributed by atoms with van der Waals surface area (Å²) in [5, 5.41) is 0. The van der Waals surface area contributed by atoms with Crippen molar-refractivity contribution in [3.63, 3.8) is 0 Å². The molecule has 0 aliphatic rings. The van der Waals surface area contributed by atoms with Gasteiger partial charge in [-0.2, -0.15) is 0 Å². The highest BCUT2D eigenvalue weighted by atomic mass is 13.8. The molecule has 0 N–H and O–H groups in total. The van der Waals surface area contributed by atoms with Gasteiger partial charge in [0.25, 0.3) is 0 Å². The molecule has 46 valence electrons. The minimum Gasteiger partial charge on any atom is -0.125 e. The van der Waals surface area contributed by atoms with E-state index in [-0.39, 0.29) is 0 Å². The molecule has 0 radical (unpaired) electrons. The van der Waals surface area contributed by atoms with E-state index < -0.39 is 0 Å². The van der Waals surface area contributed by atoms with E-state index >= 15 is 0 Å². The molecule has 0 saturated carbocycles. The monoisotopic (exact) mass is 118 g/mol. The van der Waals surface area contributed by atoms with Gasteiger partial charge in [-0.15, -0.1) is 12.2 Å². The third-order valence-corrected chi connectivity index (χ3v) is 0.940. The van der Waals surface area contributed by atoms with E-state index in [4.69, 9.17) is 6.42 Å². The fourth-order valence-corrected chi connectivity index (χ4v) is 0.417. The molecule has 0 heteroatoms. The Morgan fingerprint density at radius 2 is 2.11 bits per heavy atom. The molecule has 0 aliphatic carbocycles. The van der Waals surface area contributed by atoms with Gasteiger partial charge in [0.1, 0.15) is 0 Å². The normalized spacial score (nSPS) is 9.67. The van der Waals surface area contributed by atoms with Gasteiger partial charge in [-0.25, -0.2) is 0 Å². The van der Waals surface area contributed by atoms with Crippen molar-refractivity contribution in [3.05, 3.63) is 29.5 Å². The molecule has 0 rings (SSSR count). The van der Waals surface area contributed by atoms with Gasteiger partial charge in [0.2, 0.25) is 0 Å². The van der Waals surface area contributed by atoms with Crippen LogP contribution in [0, 0.1) is 12.3 Å². The number of hydrogen-bond acceptors (Lipinski definition) is 0. The summed E-state index contributed by atoms with van der Waals surface area (Å²) in [6, 6.07) is 0. The molecule has 0 aromatic rings. The Morgan fingerprint density at radius 3 is 2.44 bits per heavy atom. The van der Waals surface area contributed by atoms with Gasteiger partial charge in [0, 0.05) is 0 Å². The first-order chi connectivity index (χ1) is 4.20. The van der Waals surface area contributed by atoms with Crippen molar-refractivity contribution >= 4 is 0 Å². The summed E-state index contributed by atoms with van der Waals surface area (Å²) in [5.41, 5.74) is 4.61. The summed E-state index contributed by atoms with van der Waals surface area (Å²) in [5.74, 6) is 2.50. The lowest BCUT2D eigenvalue weighted by molar-refractivity contribution is 1.47. The molecule has 0 aromatic carbocycles. The van der Waals surface area contributed by atoms with Crippen LogP contribution >= 0.6 is 0 Å². The van der Waals surface area contributed by atoms with Gasteiger partial charge in [0.15, 0.2) is 0 Å². The molecular formula is C9H10. The lowest BCUT2D eigenvalue weighted by Crippen LogP contribution is -1.68. The van der Waals surface area contributed by atoms with Crippen LogP contribution in [0.5, 0.6) is 0 Å². The standard InChI is InChI=1S/C9H10/c1-5-8(3)7-9(4)6-2/h1,7H,2H2,3-4H3/b8-7+. The Kier molecular flexibility index (Phi) is 3.28. The first-order valence-electron chi connectivity index (χ1n) is 2.72. The lowest BCUT2D eigenvalue weighted by Gasteiger charge is -1.85. The van der Waals surface area contributed by atoms with Crippen LogP contribution in [0.15, 0.2) is 29.5 Å². The van der Waals surface area contributed by atoms with Crippen LogP contribution in [0.25, 0.3) is 0 Å². The van der Waals surface area contributed by atoms with E-state index in [0.29, 0.717) is 0 Å². The van der Waals surface area contributed by atoms with Gasteiger partial charge in [-0.05, 0) is 31.1 Å². The topological polar surface area (TPSA) is 0 Å². The molecule has 9 heavy (non-hydrogen) atoms. The second kappa shape index (κ2) is 3.78. The van der Waals surface area contributed by atoms with Gasteiger partial charge >= 0.3 is 0 Å². The van der Waals surface area contributed by atoms with E-state index in [1.54, 1.807) is 0 Å². The number of hydrogen-bond donors (Lipinski definition) is 0. The Bertz CT molecular complexity index is 205. The van der Waals surface area contributed by atoms with Gasteiger partial charge in [-0.1, -0.05) is 12.5 Å². The van der Waals surface area contributed by atoms with E-state index in [2.05, 4.69) is 18.2 Å². The Balaban J connectivity index is 4.35. The van der Waals surface area contributed by atoms with Crippen LogP contribution in [0.3, 0.4) is 0 Å². The SMILES string of the molecule is C#C/C(C)=C/C(C)=C=C. The van der Waals surface area contributed by atoms with Crippen molar-refractivity contribution in [3.8, 4) is 12.3 Å². The third kappa shape index (κ3) is 3.41.